The highest BCUT2D eigenvalue weighted by Gasteiger charge is 2.31. The Morgan fingerprint density at radius 1 is 1.36 bits per heavy atom. The molecule has 0 bridgehead atoms. The second-order valence-corrected chi connectivity index (χ2v) is 7.20. The van der Waals surface area contributed by atoms with Crippen molar-refractivity contribution in [2.24, 2.45) is 0 Å². The van der Waals surface area contributed by atoms with Gasteiger partial charge in [-0.3, -0.25) is 14.5 Å². The number of carbonyl (C=O) groups excluding carboxylic acids is 2. The van der Waals surface area contributed by atoms with E-state index in [4.69, 9.17) is 4.74 Å². The Balaban J connectivity index is 1.84. The van der Waals surface area contributed by atoms with E-state index in [2.05, 4.69) is 0 Å². The number of hydrogen-bond acceptors (Lipinski definition) is 5. The van der Waals surface area contributed by atoms with Crippen LogP contribution in [0, 0.1) is 5.82 Å². The van der Waals surface area contributed by atoms with Crippen LogP contribution in [0.1, 0.15) is 42.3 Å². The Morgan fingerprint density at radius 3 is 2.80 bits per heavy atom. The van der Waals surface area contributed by atoms with Crippen LogP contribution >= 0.6 is 11.3 Å². The number of carbonyl (C=O) groups is 2. The van der Waals surface area contributed by atoms with Crippen molar-refractivity contribution in [2.75, 3.05) is 6.54 Å². The molecule has 2 heterocycles. The third kappa shape index (κ3) is 3.80. The van der Waals surface area contributed by atoms with Crippen molar-refractivity contribution in [1.29, 1.82) is 0 Å². The molecule has 0 aliphatic carbocycles. The molecule has 0 saturated carbocycles. The van der Waals surface area contributed by atoms with Gasteiger partial charge in [0.25, 0.3) is 0 Å². The Labute approximate surface area is 150 Å². The fraction of sp³-hybridized carbons (Fsp3) is 0.368. The first-order chi connectivity index (χ1) is 12.0. The number of fused-ring (bicyclic) bond motifs is 1. The maximum atomic E-state index is 14.2. The number of ketones is 1. The molecule has 1 aromatic carbocycles. The molecular formula is C19H20FNO3S. The van der Waals surface area contributed by atoms with Gasteiger partial charge in [-0.25, -0.2) is 4.39 Å². The van der Waals surface area contributed by atoms with E-state index in [1.807, 2.05) is 11.0 Å². The second kappa shape index (κ2) is 7.45. The highest BCUT2D eigenvalue weighted by molar-refractivity contribution is 7.14. The lowest BCUT2D eigenvalue weighted by atomic mass is 9.98. The molecule has 1 atom stereocenters. The Hall–Kier alpha value is -2.05. The molecule has 1 unspecified atom stereocenters. The number of rotatable bonds is 5. The molecule has 1 aliphatic rings. The van der Waals surface area contributed by atoms with E-state index in [1.54, 1.807) is 25.1 Å². The fourth-order valence-corrected chi connectivity index (χ4v) is 4.18. The lowest BCUT2D eigenvalue weighted by Gasteiger charge is -2.33. The van der Waals surface area contributed by atoms with E-state index in [0.717, 1.165) is 16.9 Å². The van der Waals surface area contributed by atoms with Gasteiger partial charge in [0, 0.05) is 30.0 Å². The van der Waals surface area contributed by atoms with Crippen molar-refractivity contribution in [3.8, 4) is 5.06 Å². The van der Waals surface area contributed by atoms with Gasteiger partial charge in [-0.05, 0) is 31.0 Å². The molecular weight excluding hydrogens is 341 g/mol. The van der Waals surface area contributed by atoms with Crippen LogP contribution in [-0.4, -0.2) is 23.2 Å². The molecule has 0 radical (unpaired) electrons. The Bertz CT molecular complexity index is 802. The average molecular weight is 361 g/mol. The molecule has 0 N–H and O–H groups in total. The maximum Gasteiger partial charge on any atom is 0.311 e. The van der Waals surface area contributed by atoms with Gasteiger partial charge >= 0.3 is 5.97 Å². The van der Waals surface area contributed by atoms with Crippen LogP contribution in [0.2, 0.25) is 0 Å². The molecule has 2 aromatic rings. The van der Waals surface area contributed by atoms with Gasteiger partial charge in [-0.15, -0.1) is 11.3 Å². The van der Waals surface area contributed by atoms with E-state index < -0.39 is 6.04 Å². The minimum Gasteiger partial charge on any atom is -0.415 e. The lowest BCUT2D eigenvalue weighted by Crippen LogP contribution is -2.37. The van der Waals surface area contributed by atoms with Crippen LogP contribution in [0.5, 0.6) is 5.06 Å². The van der Waals surface area contributed by atoms with Crippen LogP contribution in [-0.2, 0) is 22.6 Å². The Kier molecular flexibility index (Phi) is 5.30. The molecule has 132 valence electrons. The van der Waals surface area contributed by atoms with Crippen LogP contribution in [0.15, 0.2) is 30.3 Å². The van der Waals surface area contributed by atoms with E-state index >= 15 is 0 Å². The minimum atomic E-state index is -0.601. The molecule has 3 rings (SSSR count). The third-order valence-electron chi connectivity index (χ3n) is 4.33. The minimum absolute atomic E-state index is 0.0820. The van der Waals surface area contributed by atoms with Crippen molar-refractivity contribution in [2.45, 2.75) is 39.3 Å². The lowest BCUT2D eigenvalue weighted by molar-refractivity contribution is -0.133. The van der Waals surface area contributed by atoms with Crippen molar-refractivity contribution >= 4 is 23.1 Å². The maximum absolute atomic E-state index is 14.2. The number of Topliss-reactive ketones (excluding diaryl/α,β-unsaturated/α-hetero) is 1. The first-order valence-corrected chi connectivity index (χ1v) is 9.12. The van der Waals surface area contributed by atoms with Crippen molar-refractivity contribution in [3.63, 3.8) is 0 Å². The van der Waals surface area contributed by atoms with Crippen molar-refractivity contribution in [3.05, 3.63) is 52.2 Å². The standard InChI is InChI=1S/C19H20FNO3S/c1-3-17(23)24-18-10-13-11-21(9-8-16(13)25-18)19(12(2)22)14-6-4-5-7-15(14)20/h4-7,10,19H,3,8-9,11H2,1-2H3. The van der Waals surface area contributed by atoms with Gasteiger partial charge in [0.2, 0.25) is 0 Å². The van der Waals surface area contributed by atoms with E-state index in [-0.39, 0.29) is 17.6 Å². The van der Waals surface area contributed by atoms with Gasteiger partial charge in [-0.1, -0.05) is 25.1 Å². The highest BCUT2D eigenvalue weighted by Crippen LogP contribution is 2.36. The summed E-state index contributed by atoms with van der Waals surface area (Å²) < 4.78 is 19.5. The number of ether oxygens (including phenoxy) is 1. The topological polar surface area (TPSA) is 46.6 Å². The highest BCUT2D eigenvalue weighted by atomic mass is 32.1. The summed E-state index contributed by atoms with van der Waals surface area (Å²) in [7, 11) is 0. The second-order valence-electron chi connectivity index (χ2n) is 6.10. The predicted molar refractivity (Wildman–Crippen MR) is 94.2 cm³/mol. The van der Waals surface area contributed by atoms with E-state index in [1.165, 1.54) is 24.3 Å². The molecule has 4 nitrogen and oxygen atoms in total. The van der Waals surface area contributed by atoms with Gasteiger partial charge in [0.15, 0.2) is 10.8 Å². The largest absolute Gasteiger partial charge is 0.415 e. The Morgan fingerprint density at radius 2 is 2.12 bits per heavy atom. The quantitative estimate of drug-likeness (QED) is 0.758. The van der Waals surface area contributed by atoms with Gasteiger partial charge in [0.1, 0.15) is 5.82 Å². The average Bonchev–Trinajstić information content (AvgIpc) is 2.98. The molecule has 25 heavy (non-hydrogen) atoms. The summed E-state index contributed by atoms with van der Waals surface area (Å²) in [5.41, 5.74) is 1.45. The number of halogens is 1. The number of nitrogens with zero attached hydrogens (tertiary/aromatic N) is 1. The first-order valence-electron chi connectivity index (χ1n) is 8.30. The summed E-state index contributed by atoms with van der Waals surface area (Å²) in [6.45, 7) is 4.44. The van der Waals surface area contributed by atoms with Crippen molar-refractivity contribution < 1.29 is 18.7 Å². The summed E-state index contributed by atoms with van der Waals surface area (Å²) in [5, 5.41) is 0.587. The number of thiophene rings is 1. The normalized spacial score (nSPS) is 15.5. The smallest absolute Gasteiger partial charge is 0.311 e. The first kappa shape index (κ1) is 17.8. The SMILES string of the molecule is CCC(=O)Oc1cc2c(s1)CCN(C(C(C)=O)c1ccccc1F)C2. The van der Waals surface area contributed by atoms with Gasteiger partial charge in [-0.2, -0.15) is 0 Å². The molecule has 0 saturated heterocycles. The number of benzene rings is 1. The molecule has 0 amide bonds. The summed E-state index contributed by atoms with van der Waals surface area (Å²) in [4.78, 5) is 26.8. The zero-order valence-corrected chi connectivity index (χ0v) is 15.1. The predicted octanol–water partition coefficient (Wildman–Crippen LogP) is 3.89. The van der Waals surface area contributed by atoms with Gasteiger partial charge < -0.3 is 4.74 Å². The van der Waals surface area contributed by atoms with Crippen LogP contribution in [0.3, 0.4) is 0 Å². The summed E-state index contributed by atoms with van der Waals surface area (Å²) in [5.74, 6) is -0.707. The van der Waals surface area contributed by atoms with Crippen molar-refractivity contribution in [1.82, 2.24) is 4.90 Å². The van der Waals surface area contributed by atoms with Crippen LogP contribution in [0.25, 0.3) is 0 Å². The monoisotopic (exact) mass is 361 g/mol. The van der Waals surface area contributed by atoms with Crippen LogP contribution in [0.4, 0.5) is 4.39 Å². The third-order valence-corrected chi connectivity index (χ3v) is 5.44. The summed E-state index contributed by atoms with van der Waals surface area (Å²) in [6, 6.07) is 7.68. The molecule has 0 spiro atoms. The summed E-state index contributed by atoms with van der Waals surface area (Å²) >= 11 is 1.47. The zero-order valence-electron chi connectivity index (χ0n) is 14.3. The zero-order chi connectivity index (χ0) is 18.0. The van der Waals surface area contributed by atoms with E-state index in [9.17, 15) is 14.0 Å². The van der Waals surface area contributed by atoms with Crippen LogP contribution < -0.4 is 4.74 Å². The molecule has 0 fully saturated rings. The molecule has 6 heteroatoms. The molecule has 1 aromatic heterocycles. The summed E-state index contributed by atoms with van der Waals surface area (Å²) in [6.07, 6.45) is 1.08. The van der Waals surface area contributed by atoms with Gasteiger partial charge in [0.05, 0.1) is 6.04 Å². The number of esters is 1. The molecule has 1 aliphatic heterocycles. The van der Waals surface area contributed by atoms with E-state index in [0.29, 0.717) is 30.1 Å². The number of hydrogen-bond donors (Lipinski definition) is 0. The fourth-order valence-electron chi connectivity index (χ4n) is 3.15.